The third-order valence-electron chi connectivity index (χ3n) is 3.09. The quantitative estimate of drug-likeness (QED) is 0.783. The molecule has 0 saturated heterocycles. The van der Waals surface area contributed by atoms with Crippen LogP contribution in [0, 0.1) is 0 Å². The van der Waals surface area contributed by atoms with Crippen molar-refractivity contribution in [3.05, 3.63) is 48.5 Å². The Kier molecular flexibility index (Phi) is 4.09. The molecule has 0 atom stereocenters. The monoisotopic (exact) mass is 331 g/mol. The normalized spacial score (nSPS) is 14.4. The van der Waals surface area contributed by atoms with Crippen LogP contribution in [0.4, 0.5) is 4.79 Å². The summed E-state index contributed by atoms with van der Waals surface area (Å²) < 4.78 is 18.2. The third kappa shape index (κ3) is 3.53. The van der Waals surface area contributed by atoms with Crippen molar-refractivity contribution in [3.63, 3.8) is 0 Å². The van der Waals surface area contributed by atoms with Crippen LogP contribution in [-0.4, -0.2) is 23.2 Å². The average molecular weight is 331 g/mol. The number of carbonyl (C=O) groups is 1. The molecule has 0 fully saturated rings. The van der Waals surface area contributed by atoms with E-state index in [9.17, 15) is 4.79 Å². The molecule has 0 spiro atoms. The number of rotatable bonds is 3. The summed E-state index contributed by atoms with van der Waals surface area (Å²) in [5, 5.41) is 0. The first-order valence-corrected chi connectivity index (χ1v) is 7.91. The van der Waals surface area contributed by atoms with Crippen LogP contribution in [0.1, 0.15) is 13.8 Å². The highest BCUT2D eigenvalue weighted by molar-refractivity contribution is 7.97. The number of amides is 1. The maximum absolute atomic E-state index is 12.3. The van der Waals surface area contributed by atoms with E-state index < -0.39 is 11.9 Å². The van der Waals surface area contributed by atoms with E-state index >= 15 is 0 Å². The molecule has 0 saturated carbocycles. The number of hydrogen-bond donors (Lipinski definition) is 0. The summed E-state index contributed by atoms with van der Waals surface area (Å²) in [6.07, 6.45) is -0.486. The minimum absolute atomic E-state index is 0.346. The van der Waals surface area contributed by atoms with Crippen molar-refractivity contribution < 1.29 is 19.0 Å². The van der Waals surface area contributed by atoms with Gasteiger partial charge in [0.05, 0.1) is 0 Å². The van der Waals surface area contributed by atoms with Gasteiger partial charge in [-0.05, 0) is 36.2 Å². The van der Waals surface area contributed by atoms with Crippen LogP contribution >= 0.6 is 11.9 Å². The standard InChI is InChI=1S/C17H17NO4S/c1-17(2)21-14-11-7-10-13(15(14)22-17)20-16(19)18(3)23-12-8-5-4-6-9-12/h4-11H,1-3H3. The fraction of sp³-hybridized carbons (Fsp3) is 0.235. The van der Waals surface area contributed by atoms with Gasteiger partial charge in [-0.25, -0.2) is 9.10 Å². The van der Waals surface area contributed by atoms with Gasteiger partial charge in [0, 0.05) is 25.8 Å². The lowest BCUT2D eigenvalue weighted by Gasteiger charge is -2.17. The maximum Gasteiger partial charge on any atom is 0.425 e. The van der Waals surface area contributed by atoms with Crippen molar-refractivity contribution in [2.75, 3.05) is 7.05 Å². The predicted octanol–water partition coefficient (Wildman–Crippen LogP) is 4.33. The summed E-state index contributed by atoms with van der Waals surface area (Å²) in [7, 11) is 1.66. The molecule has 3 rings (SSSR count). The molecule has 1 aliphatic rings. The molecule has 5 nitrogen and oxygen atoms in total. The number of hydrogen-bond acceptors (Lipinski definition) is 5. The molecule has 120 valence electrons. The molecule has 1 amide bonds. The van der Waals surface area contributed by atoms with E-state index in [1.807, 2.05) is 30.3 Å². The lowest BCUT2D eigenvalue weighted by atomic mass is 10.3. The smallest absolute Gasteiger partial charge is 0.425 e. The van der Waals surface area contributed by atoms with Crippen molar-refractivity contribution in [1.29, 1.82) is 0 Å². The van der Waals surface area contributed by atoms with Crippen molar-refractivity contribution >= 4 is 18.0 Å². The Morgan fingerprint density at radius 3 is 2.57 bits per heavy atom. The van der Waals surface area contributed by atoms with Crippen LogP contribution < -0.4 is 14.2 Å². The third-order valence-corrected chi connectivity index (χ3v) is 3.99. The van der Waals surface area contributed by atoms with Crippen molar-refractivity contribution in [2.24, 2.45) is 0 Å². The number of carbonyl (C=O) groups excluding carboxylic acids is 1. The van der Waals surface area contributed by atoms with Crippen molar-refractivity contribution in [1.82, 2.24) is 4.31 Å². The second-order valence-corrected chi connectivity index (χ2v) is 6.66. The summed E-state index contributed by atoms with van der Waals surface area (Å²) in [5.74, 6) is 0.594. The van der Waals surface area contributed by atoms with E-state index in [0.29, 0.717) is 17.2 Å². The fourth-order valence-corrected chi connectivity index (χ4v) is 2.83. The largest absolute Gasteiger partial charge is 0.449 e. The highest BCUT2D eigenvalue weighted by Gasteiger charge is 2.34. The zero-order valence-corrected chi connectivity index (χ0v) is 13.9. The number of para-hydroxylation sites is 1. The van der Waals surface area contributed by atoms with E-state index in [1.54, 1.807) is 39.1 Å². The van der Waals surface area contributed by atoms with Gasteiger partial charge in [-0.2, -0.15) is 0 Å². The first kappa shape index (κ1) is 15.6. The molecule has 0 N–H and O–H groups in total. The van der Waals surface area contributed by atoms with Gasteiger partial charge < -0.3 is 14.2 Å². The second kappa shape index (κ2) is 6.04. The lowest BCUT2D eigenvalue weighted by Crippen LogP contribution is -2.30. The molecule has 6 heteroatoms. The maximum atomic E-state index is 12.3. The van der Waals surface area contributed by atoms with E-state index in [1.165, 1.54) is 16.3 Å². The Morgan fingerprint density at radius 2 is 1.83 bits per heavy atom. The molecule has 0 bridgehead atoms. The van der Waals surface area contributed by atoms with Gasteiger partial charge in [0.2, 0.25) is 11.5 Å². The van der Waals surface area contributed by atoms with Crippen LogP contribution in [0.25, 0.3) is 0 Å². The second-order valence-electron chi connectivity index (χ2n) is 5.46. The van der Waals surface area contributed by atoms with Crippen molar-refractivity contribution in [3.8, 4) is 17.2 Å². The minimum Gasteiger partial charge on any atom is -0.449 e. The molecular formula is C17H17NO4S. The molecular weight excluding hydrogens is 314 g/mol. The summed E-state index contributed by atoms with van der Waals surface area (Å²) in [6, 6.07) is 14.8. The Bertz CT molecular complexity index is 718. The SMILES string of the molecule is CN(Sc1ccccc1)C(=O)Oc1cccc2c1OC(C)(C)O2. The van der Waals surface area contributed by atoms with Crippen molar-refractivity contribution in [2.45, 2.75) is 24.5 Å². The number of fused-ring (bicyclic) bond motifs is 1. The predicted molar refractivity (Wildman–Crippen MR) is 87.9 cm³/mol. The van der Waals surface area contributed by atoms with Crippen LogP contribution in [0.2, 0.25) is 0 Å². The van der Waals surface area contributed by atoms with E-state index in [2.05, 4.69) is 0 Å². The average Bonchev–Trinajstić information content (AvgIpc) is 2.83. The van der Waals surface area contributed by atoms with E-state index in [-0.39, 0.29) is 0 Å². The summed E-state index contributed by atoms with van der Waals surface area (Å²) >= 11 is 1.29. The Hall–Kier alpha value is -2.34. The first-order valence-electron chi connectivity index (χ1n) is 7.14. The Balaban J connectivity index is 1.71. The van der Waals surface area contributed by atoms with Gasteiger partial charge in [-0.15, -0.1) is 0 Å². The molecule has 0 unspecified atom stereocenters. The summed E-state index contributed by atoms with van der Waals surface area (Å²) in [6.45, 7) is 3.60. The number of benzene rings is 2. The van der Waals surface area contributed by atoms with Gasteiger partial charge >= 0.3 is 6.09 Å². The molecule has 23 heavy (non-hydrogen) atoms. The van der Waals surface area contributed by atoms with E-state index in [4.69, 9.17) is 14.2 Å². The highest BCUT2D eigenvalue weighted by Crippen LogP contribution is 2.45. The Morgan fingerprint density at radius 1 is 1.09 bits per heavy atom. The molecule has 0 aliphatic carbocycles. The van der Waals surface area contributed by atoms with Gasteiger partial charge in [0.15, 0.2) is 11.5 Å². The Labute approximate surface area is 139 Å². The molecule has 2 aromatic carbocycles. The van der Waals surface area contributed by atoms with Crippen LogP contribution in [0.3, 0.4) is 0 Å². The molecule has 1 aliphatic heterocycles. The van der Waals surface area contributed by atoms with Gasteiger partial charge in [-0.3, -0.25) is 0 Å². The first-order chi connectivity index (χ1) is 10.9. The minimum atomic E-state index is -0.768. The van der Waals surface area contributed by atoms with E-state index in [0.717, 1.165) is 4.90 Å². The number of nitrogens with zero attached hydrogens (tertiary/aromatic N) is 1. The van der Waals surface area contributed by atoms with Gasteiger partial charge in [0.25, 0.3) is 0 Å². The summed E-state index contributed by atoms with van der Waals surface area (Å²) in [4.78, 5) is 13.2. The molecule has 0 aromatic heterocycles. The van der Waals surface area contributed by atoms with Crippen LogP contribution in [-0.2, 0) is 0 Å². The van der Waals surface area contributed by atoms with Gasteiger partial charge in [-0.1, -0.05) is 24.3 Å². The zero-order valence-electron chi connectivity index (χ0n) is 13.1. The zero-order chi connectivity index (χ0) is 16.4. The van der Waals surface area contributed by atoms with Gasteiger partial charge in [0.1, 0.15) is 0 Å². The molecule has 1 heterocycles. The highest BCUT2D eigenvalue weighted by atomic mass is 32.2. The lowest BCUT2D eigenvalue weighted by molar-refractivity contribution is -0.0439. The molecule has 0 radical (unpaired) electrons. The molecule has 2 aromatic rings. The summed E-state index contributed by atoms with van der Waals surface area (Å²) in [5.41, 5.74) is 0. The van der Waals surface area contributed by atoms with Crippen LogP contribution in [0.5, 0.6) is 17.2 Å². The number of ether oxygens (including phenoxy) is 3. The fourth-order valence-electron chi connectivity index (χ4n) is 2.12. The topological polar surface area (TPSA) is 48.0 Å². The van der Waals surface area contributed by atoms with Crippen LogP contribution in [0.15, 0.2) is 53.4 Å².